The Labute approximate surface area is 255 Å². The summed E-state index contributed by atoms with van der Waals surface area (Å²) in [5, 5.41) is 15.4. The zero-order valence-corrected chi connectivity index (χ0v) is 23.7. The van der Waals surface area contributed by atoms with E-state index in [0.29, 0.717) is 0 Å². The number of carboxylic acid groups (broad SMARTS) is 1. The van der Waals surface area contributed by atoms with Gasteiger partial charge in [0.2, 0.25) is 6.04 Å². The summed E-state index contributed by atoms with van der Waals surface area (Å²) in [4.78, 5) is 39.4. The van der Waals surface area contributed by atoms with E-state index in [1.54, 1.807) is 0 Å². The maximum absolute atomic E-state index is 13.9. The first-order valence-corrected chi connectivity index (χ1v) is 14.3. The van der Waals surface area contributed by atoms with Gasteiger partial charge in [0, 0.05) is 5.92 Å². The second-order valence-corrected chi connectivity index (χ2v) is 10.6. The largest absolute Gasteiger partial charge is 0.479 e. The third-order valence-electron chi connectivity index (χ3n) is 8.05. The fraction of sp³-hybridized carbons (Fsp3) is 0.108. The molecule has 1 atom stereocenters. The van der Waals surface area contributed by atoms with E-state index in [2.05, 4.69) is 10.6 Å². The van der Waals surface area contributed by atoms with Crippen LogP contribution in [0.5, 0.6) is 0 Å². The fourth-order valence-electron chi connectivity index (χ4n) is 6.04. The van der Waals surface area contributed by atoms with E-state index in [1.165, 1.54) is 0 Å². The molecule has 0 saturated heterocycles. The first-order chi connectivity index (χ1) is 21.5. The molecular weight excluding hydrogens is 552 g/mol. The normalized spacial score (nSPS) is 12.8. The number of rotatable bonds is 9. The topological polar surface area (TPSA) is 105 Å². The van der Waals surface area contributed by atoms with Crippen LogP contribution in [0.2, 0.25) is 0 Å². The minimum absolute atomic E-state index is 0.0181. The Balaban J connectivity index is 1.27. The first-order valence-electron chi connectivity index (χ1n) is 14.3. The first kappa shape index (κ1) is 28.4. The van der Waals surface area contributed by atoms with Crippen LogP contribution in [-0.4, -0.2) is 35.7 Å². The van der Waals surface area contributed by atoms with Crippen molar-refractivity contribution >= 4 is 18.0 Å². The van der Waals surface area contributed by atoms with Gasteiger partial charge in [-0.2, -0.15) is 0 Å². The molecule has 0 saturated carbocycles. The minimum atomic E-state index is -1.92. The molecule has 1 aliphatic carbocycles. The van der Waals surface area contributed by atoms with Crippen molar-refractivity contribution in [3.05, 3.63) is 167 Å². The molecule has 0 heterocycles. The summed E-state index contributed by atoms with van der Waals surface area (Å²) in [7, 11) is 0. The highest BCUT2D eigenvalue weighted by Gasteiger charge is 2.41. The van der Waals surface area contributed by atoms with Gasteiger partial charge >= 0.3 is 12.1 Å². The average Bonchev–Trinajstić information content (AvgIpc) is 3.39. The van der Waals surface area contributed by atoms with Crippen LogP contribution in [0.1, 0.15) is 33.7 Å². The standard InChI is InChI=1S/C37H30N2O5/c40-34(39-37(25-14-4-1-5-15-25,26-16-6-2-7-17-26)27-18-8-3-9-19-27)33(35(41)42)38-36(43)44-24-32-30-22-12-10-20-28(30)29-21-11-13-23-31(29)32/h1-23,32-33H,24H2,(H,38,43)(H,39,40)(H,41,42)/t33-/m1/s1. The molecule has 6 rings (SSSR count). The summed E-state index contributed by atoms with van der Waals surface area (Å²) in [6.07, 6.45) is -1.00. The van der Waals surface area contributed by atoms with Gasteiger partial charge in [0.05, 0.1) is 0 Å². The number of amides is 2. The Morgan fingerprint density at radius 2 is 1.05 bits per heavy atom. The molecule has 0 aromatic heterocycles. The number of benzene rings is 5. The molecule has 44 heavy (non-hydrogen) atoms. The van der Waals surface area contributed by atoms with Crippen LogP contribution < -0.4 is 10.6 Å². The van der Waals surface area contributed by atoms with E-state index < -0.39 is 29.6 Å². The second-order valence-electron chi connectivity index (χ2n) is 10.6. The van der Waals surface area contributed by atoms with Gasteiger partial charge < -0.3 is 15.2 Å². The van der Waals surface area contributed by atoms with Gasteiger partial charge in [0.25, 0.3) is 5.91 Å². The van der Waals surface area contributed by atoms with Crippen molar-refractivity contribution in [2.75, 3.05) is 6.61 Å². The molecule has 5 aromatic rings. The Kier molecular flexibility index (Phi) is 7.93. The van der Waals surface area contributed by atoms with Gasteiger partial charge in [-0.25, -0.2) is 9.59 Å². The van der Waals surface area contributed by atoms with E-state index in [0.717, 1.165) is 38.9 Å². The van der Waals surface area contributed by atoms with Gasteiger partial charge in [-0.15, -0.1) is 0 Å². The van der Waals surface area contributed by atoms with Crippen LogP contribution in [0, 0.1) is 0 Å². The van der Waals surface area contributed by atoms with Crippen LogP contribution in [0.15, 0.2) is 140 Å². The maximum Gasteiger partial charge on any atom is 0.408 e. The number of aliphatic carboxylic acids is 1. The number of carbonyl (C=O) groups excluding carboxylic acids is 2. The van der Waals surface area contributed by atoms with E-state index >= 15 is 0 Å². The Hall–Kier alpha value is -5.69. The average molecular weight is 583 g/mol. The van der Waals surface area contributed by atoms with E-state index in [4.69, 9.17) is 4.74 Å². The quantitative estimate of drug-likeness (QED) is 0.144. The number of hydrogen-bond acceptors (Lipinski definition) is 4. The maximum atomic E-state index is 13.9. The van der Waals surface area contributed by atoms with Gasteiger partial charge in [0.15, 0.2) is 0 Å². The molecule has 0 aliphatic heterocycles. The van der Waals surface area contributed by atoms with Gasteiger partial charge in [0.1, 0.15) is 12.1 Å². The summed E-state index contributed by atoms with van der Waals surface area (Å²) in [6, 6.07) is 41.8. The van der Waals surface area contributed by atoms with Crippen molar-refractivity contribution in [3.63, 3.8) is 0 Å². The van der Waals surface area contributed by atoms with Crippen LogP contribution in [0.3, 0.4) is 0 Å². The molecule has 0 radical (unpaired) electrons. The molecule has 0 spiro atoms. The number of ether oxygens (including phenoxy) is 1. The smallest absolute Gasteiger partial charge is 0.408 e. The molecule has 0 fully saturated rings. The second kappa shape index (κ2) is 12.3. The predicted octanol–water partition coefficient (Wildman–Crippen LogP) is 6.09. The van der Waals surface area contributed by atoms with E-state index in [9.17, 15) is 19.5 Å². The van der Waals surface area contributed by atoms with Crippen molar-refractivity contribution in [2.45, 2.75) is 17.5 Å². The van der Waals surface area contributed by atoms with Crippen LogP contribution in [0.25, 0.3) is 11.1 Å². The lowest BCUT2D eigenvalue weighted by Crippen LogP contribution is -2.57. The number of nitrogens with one attached hydrogen (secondary N) is 2. The monoisotopic (exact) mass is 582 g/mol. The zero-order valence-electron chi connectivity index (χ0n) is 23.7. The molecule has 3 N–H and O–H groups in total. The number of alkyl carbamates (subject to hydrolysis) is 1. The summed E-state index contributed by atoms with van der Waals surface area (Å²) >= 11 is 0. The number of fused-ring (bicyclic) bond motifs is 3. The van der Waals surface area contributed by atoms with Crippen molar-refractivity contribution in [1.29, 1.82) is 0 Å². The van der Waals surface area contributed by atoms with Crippen molar-refractivity contribution in [1.82, 2.24) is 10.6 Å². The molecule has 7 heteroatoms. The van der Waals surface area contributed by atoms with E-state index in [-0.39, 0.29) is 12.5 Å². The van der Waals surface area contributed by atoms with Crippen molar-refractivity contribution in [3.8, 4) is 11.1 Å². The number of carboxylic acids is 1. The molecule has 1 aliphatic rings. The lowest BCUT2D eigenvalue weighted by atomic mass is 9.76. The lowest BCUT2D eigenvalue weighted by Gasteiger charge is -2.37. The predicted molar refractivity (Wildman–Crippen MR) is 167 cm³/mol. The zero-order chi connectivity index (χ0) is 30.5. The molecule has 218 valence electrons. The highest BCUT2D eigenvalue weighted by molar-refractivity contribution is 6.04. The summed E-state index contributed by atoms with van der Waals surface area (Å²) < 4.78 is 5.56. The van der Waals surface area contributed by atoms with Gasteiger partial charge in [-0.05, 0) is 38.9 Å². The highest BCUT2D eigenvalue weighted by Crippen LogP contribution is 2.44. The fourth-order valence-corrected chi connectivity index (χ4v) is 6.04. The SMILES string of the molecule is O=C(N[C@@H](C(=O)O)C(=O)NC(c1ccccc1)(c1ccccc1)c1ccccc1)OCC1c2ccccc2-c2ccccc21. The van der Waals surface area contributed by atoms with Crippen LogP contribution >= 0.6 is 0 Å². The summed E-state index contributed by atoms with van der Waals surface area (Å²) in [6.45, 7) is -0.0181. The van der Waals surface area contributed by atoms with E-state index in [1.807, 2.05) is 140 Å². The molecule has 5 aromatic carbocycles. The third-order valence-corrected chi connectivity index (χ3v) is 8.05. The minimum Gasteiger partial charge on any atom is -0.479 e. The molecular formula is C37H30N2O5. The highest BCUT2D eigenvalue weighted by atomic mass is 16.5. The van der Waals surface area contributed by atoms with Gasteiger partial charge in [-0.3, -0.25) is 10.1 Å². The Morgan fingerprint density at radius 1 is 0.636 bits per heavy atom. The number of carbonyl (C=O) groups is 3. The lowest BCUT2D eigenvalue weighted by molar-refractivity contribution is -0.144. The molecule has 0 unspecified atom stereocenters. The Bertz CT molecular complexity index is 1650. The van der Waals surface area contributed by atoms with Gasteiger partial charge in [-0.1, -0.05) is 140 Å². The van der Waals surface area contributed by atoms with Crippen LogP contribution in [0.4, 0.5) is 4.79 Å². The molecule has 0 bridgehead atoms. The third kappa shape index (κ3) is 5.31. The summed E-state index contributed by atoms with van der Waals surface area (Å²) in [5.41, 5.74) is 5.08. The molecule has 7 nitrogen and oxygen atoms in total. The van der Waals surface area contributed by atoms with Crippen LogP contribution in [-0.2, 0) is 19.9 Å². The van der Waals surface area contributed by atoms with Crippen molar-refractivity contribution in [2.24, 2.45) is 0 Å². The molecule has 2 amide bonds. The van der Waals surface area contributed by atoms with Crippen molar-refractivity contribution < 1.29 is 24.2 Å². The number of hydrogen-bond donors (Lipinski definition) is 3. The summed E-state index contributed by atoms with van der Waals surface area (Å²) in [5.74, 6) is -2.63. The Morgan fingerprint density at radius 3 is 1.48 bits per heavy atom.